The van der Waals surface area contributed by atoms with Gasteiger partial charge < -0.3 is 5.32 Å². The van der Waals surface area contributed by atoms with Gasteiger partial charge in [0.1, 0.15) is 11.6 Å². The summed E-state index contributed by atoms with van der Waals surface area (Å²) < 4.78 is 81.2. The second-order valence-corrected chi connectivity index (χ2v) is 7.94. The molecule has 0 aliphatic rings. The van der Waals surface area contributed by atoms with E-state index < -0.39 is 44.9 Å². The Morgan fingerprint density at radius 2 is 1.47 bits per heavy atom. The molecule has 1 amide bonds. The minimum Gasteiger partial charge on any atom is -0.319 e. The highest BCUT2D eigenvalue weighted by Gasteiger charge is 2.20. The number of para-hydroxylation sites is 1. The summed E-state index contributed by atoms with van der Waals surface area (Å²) in [4.78, 5) is 12.2. The maximum atomic E-state index is 13.8. The molecule has 0 heterocycles. The number of nitrogens with one attached hydrogen (secondary N) is 2. The van der Waals surface area contributed by atoms with Crippen molar-refractivity contribution in [2.75, 3.05) is 10.0 Å². The van der Waals surface area contributed by atoms with Crippen LogP contribution in [0.5, 0.6) is 0 Å². The van der Waals surface area contributed by atoms with Crippen LogP contribution < -0.4 is 10.0 Å². The minimum absolute atomic E-state index is 0.157. The van der Waals surface area contributed by atoms with Gasteiger partial charge in [0.05, 0.1) is 16.3 Å². The van der Waals surface area contributed by atoms with Crippen molar-refractivity contribution in [3.05, 3.63) is 89.0 Å². The third kappa shape index (κ3) is 4.43. The number of halogens is 4. The normalized spacial score (nSPS) is 11.2. The molecule has 0 aliphatic carbocycles. The molecule has 0 saturated carbocycles. The van der Waals surface area contributed by atoms with Crippen LogP contribution >= 0.6 is 0 Å². The third-order valence-corrected chi connectivity index (χ3v) is 5.50. The quantitative estimate of drug-likeness (QED) is 0.452. The summed E-state index contributed by atoms with van der Waals surface area (Å²) in [5.41, 5.74) is -0.722. The van der Waals surface area contributed by atoms with Crippen molar-refractivity contribution >= 4 is 27.3 Å². The zero-order valence-corrected chi connectivity index (χ0v) is 16.2. The van der Waals surface area contributed by atoms with Gasteiger partial charge >= 0.3 is 0 Å². The number of rotatable bonds is 5. The molecule has 2 N–H and O–H groups in total. The molecule has 10 heteroatoms. The van der Waals surface area contributed by atoms with Crippen LogP contribution in [0.25, 0.3) is 0 Å². The first kappa shape index (κ1) is 21.3. The molecule has 0 fully saturated rings. The SMILES string of the molecule is Cc1ccc(S(=O)(=O)Nc2ccccc2F)cc1C(=O)Nc1cc(F)c(F)cc1F. The van der Waals surface area contributed by atoms with E-state index in [2.05, 4.69) is 10.0 Å². The van der Waals surface area contributed by atoms with E-state index in [1.165, 1.54) is 37.3 Å². The fourth-order valence-electron chi connectivity index (χ4n) is 2.57. The summed E-state index contributed by atoms with van der Waals surface area (Å²) >= 11 is 0. The first-order valence-corrected chi connectivity index (χ1v) is 9.90. The van der Waals surface area contributed by atoms with Crippen LogP contribution in [0.1, 0.15) is 15.9 Å². The summed E-state index contributed by atoms with van der Waals surface area (Å²) in [7, 11) is -4.26. The zero-order valence-electron chi connectivity index (χ0n) is 15.3. The Morgan fingerprint density at radius 1 is 0.800 bits per heavy atom. The maximum absolute atomic E-state index is 13.8. The Bertz CT molecular complexity index is 1250. The molecule has 0 unspecified atom stereocenters. The lowest BCUT2D eigenvalue weighted by atomic mass is 10.1. The van der Waals surface area contributed by atoms with Gasteiger partial charge in [0.15, 0.2) is 11.6 Å². The number of carbonyl (C=O) groups excluding carboxylic acids is 1. The first-order valence-electron chi connectivity index (χ1n) is 8.42. The minimum atomic E-state index is -4.26. The zero-order chi connectivity index (χ0) is 22.1. The standard InChI is InChI=1S/C20H14F4N2O3S/c1-11-6-7-12(30(28,29)26-18-5-3-2-4-14(18)21)8-13(11)20(27)25-19-10-16(23)15(22)9-17(19)24/h2-10,26H,1H3,(H,25,27). The predicted octanol–water partition coefficient (Wildman–Crippen LogP) is 4.60. The summed E-state index contributed by atoms with van der Waals surface area (Å²) in [6, 6.07) is 9.40. The van der Waals surface area contributed by atoms with Gasteiger partial charge in [-0.2, -0.15) is 0 Å². The highest BCUT2D eigenvalue weighted by Crippen LogP contribution is 2.23. The van der Waals surface area contributed by atoms with Crippen molar-refractivity contribution in [1.82, 2.24) is 0 Å². The predicted molar refractivity (Wildman–Crippen MR) is 103 cm³/mol. The van der Waals surface area contributed by atoms with E-state index in [-0.39, 0.29) is 22.2 Å². The van der Waals surface area contributed by atoms with Crippen LogP contribution in [0.15, 0.2) is 59.5 Å². The Kier molecular flexibility index (Phi) is 5.79. The van der Waals surface area contributed by atoms with Crippen molar-refractivity contribution in [2.24, 2.45) is 0 Å². The van der Waals surface area contributed by atoms with Crippen molar-refractivity contribution in [3.63, 3.8) is 0 Å². The van der Waals surface area contributed by atoms with Crippen LogP contribution in [0.2, 0.25) is 0 Å². The molecule has 5 nitrogen and oxygen atoms in total. The molecule has 3 rings (SSSR count). The molecule has 30 heavy (non-hydrogen) atoms. The molecule has 0 aliphatic heterocycles. The number of aryl methyl sites for hydroxylation is 1. The second kappa shape index (κ2) is 8.15. The number of hydrogen-bond acceptors (Lipinski definition) is 3. The van der Waals surface area contributed by atoms with Gasteiger partial charge in [-0.3, -0.25) is 9.52 Å². The van der Waals surface area contributed by atoms with Crippen molar-refractivity contribution in [2.45, 2.75) is 11.8 Å². The van der Waals surface area contributed by atoms with Crippen LogP contribution in [0.3, 0.4) is 0 Å². The monoisotopic (exact) mass is 438 g/mol. The fraction of sp³-hybridized carbons (Fsp3) is 0.0500. The number of carbonyl (C=O) groups is 1. The highest BCUT2D eigenvalue weighted by molar-refractivity contribution is 7.92. The molecule has 156 valence electrons. The van der Waals surface area contributed by atoms with Gasteiger partial charge in [-0.1, -0.05) is 18.2 Å². The number of amides is 1. The molecule has 0 bridgehead atoms. The molecular weight excluding hydrogens is 424 g/mol. The Morgan fingerprint density at radius 3 is 2.17 bits per heavy atom. The summed E-state index contributed by atoms with van der Waals surface area (Å²) in [6.45, 7) is 1.50. The van der Waals surface area contributed by atoms with Gasteiger partial charge in [0.25, 0.3) is 15.9 Å². The number of sulfonamides is 1. The highest BCUT2D eigenvalue weighted by atomic mass is 32.2. The molecule has 0 spiro atoms. The van der Waals surface area contributed by atoms with Crippen molar-refractivity contribution in [3.8, 4) is 0 Å². The van der Waals surface area contributed by atoms with E-state index in [0.717, 1.165) is 12.1 Å². The smallest absolute Gasteiger partial charge is 0.262 e. The lowest BCUT2D eigenvalue weighted by Crippen LogP contribution is -2.18. The molecule has 0 saturated heterocycles. The van der Waals surface area contributed by atoms with E-state index >= 15 is 0 Å². The molecule has 0 radical (unpaired) electrons. The second-order valence-electron chi connectivity index (χ2n) is 6.26. The lowest BCUT2D eigenvalue weighted by molar-refractivity contribution is 0.102. The largest absolute Gasteiger partial charge is 0.319 e. The van der Waals surface area contributed by atoms with E-state index in [1.54, 1.807) is 0 Å². The summed E-state index contributed by atoms with van der Waals surface area (Å²) in [5.74, 6) is -5.73. The van der Waals surface area contributed by atoms with Gasteiger partial charge in [0.2, 0.25) is 0 Å². The number of hydrogen-bond donors (Lipinski definition) is 2. The third-order valence-electron chi connectivity index (χ3n) is 4.14. The average molecular weight is 438 g/mol. The van der Waals surface area contributed by atoms with E-state index in [1.807, 2.05) is 0 Å². The first-order chi connectivity index (χ1) is 14.1. The van der Waals surface area contributed by atoms with Crippen LogP contribution in [-0.2, 0) is 10.0 Å². The maximum Gasteiger partial charge on any atom is 0.262 e. The lowest BCUT2D eigenvalue weighted by Gasteiger charge is -2.12. The Labute approximate surface area is 169 Å². The summed E-state index contributed by atoms with van der Waals surface area (Å²) in [5, 5.41) is 2.08. The number of benzene rings is 3. The average Bonchev–Trinajstić information content (AvgIpc) is 2.68. The van der Waals surface area contributed by atoms with E-state index in [4.69, 9.17) is 0 Å². The molecule has 3 aromatic carbocycles. The Hall–Kier alpha value is -3.40. The van der Waals surface area contributed by atoms with Crippen molar-refractivity contribution in [1.29, 1.82) is 0 Å². The van der Waals surface area contributed by atoms with Gasteiger partial charge in [-0.05, 0) is 36.8 Å². The molecule has 0 aromatic heterocycles. The van der Waals surface area contributed by atoms with Crippen LogP contribution in [0, 0.1) is 30.2 Å². The van der Waals surface area contributed by atoms with Gasteiger partial charge in [0, 0.05) is 17.7 Å². The van der Waals surface area contributed by atoms with Crippen LogP contribution in [0.4, 0.5) is 28.9 Å². The van der Waals surface area contributed by atoms with Gasteiger partial charge in [-0.15, -0.1) is 0 Å². The topological polar surface area (TPSA) is 75.3 Å². The van der Waals surface area contributed by atoms with E-state index in [0.29, 0.717) is 11.6 Å². The molecule has 0 atom stereocenters. The van der Waals surface area contributed by atoms with E-state index in [9.17, 15) is 30.8 Å². The summed E-state index contributed by atoms with van der Waals surface area (Å²) in [6.07, 6.45) is 0. The van der Waals surface area contributed by atoms with Gasteiger partial charge in [-0.25, -0.2) is 26.0 Å². The number of anilines is 2. The van der Waals surface area contributed by atoms with Crippen LogP contribution in [-0.4, -0.2) is 14.3 Å². The van der Waals surface area contributed by atoms with Crippen molar-refractivity contribution < 1.29 is 30.8 Å². The molecular formula is C20H14F4N2O3S. The molecule has 3 aromatic rings. The Balaban J connectivity index is 1.92. The fourth-order valence-corrected chi connectivity index (χ4v) is 3.66.